The molecule has 1 spiro atoms. The van der Waals surface area contributed by atoms with Crippen molar-refractivity contribution in [2.24, 2.45) is 0 Å². The monoisotopic (exact) mass is 324 g/mol. The Morgan fingerprint density at radius 1 is 1.32 bits per heavy atom. The third-order valence-corrected chi connectivity index (χ3v) is 5.16. The molecule has 22 heavy (non-hydrogen) atoms. The topological polar surface area (TPSA) is 55.8 Å². The number of hydrogen-bond donors (Lipinski definition) is 1. The van der Waals surface area contributed by atoms with Crippen molar-refractivity contribution in [3.8, 4) is 0 Å². The summed E-state index contributed by atoms with van der Waals surface area (Å²) in [4.78, 5) is 12.0. The molecular weight excluding hydrogens is 304 g/mol. The second-order valence-electron chi connectivity index (χ2n) is 6.14. The molecule has 120 valence electrons. The van der Waals surface area contributed by atoms with E-state index in [4.69, 9.17) is 21.1 Å². The minimum Gasteiger partial charge on any atom is -0.479 e. The number of carboxylic acids is 1. The van der Waals surface area contributed by atoms with Gasteiger partial charge in [-0.1, -0.05) is 43.1 Å². The normalized spacial score (nSPS) is 30.5. The average Bonchev–Trinajstić information content (AvgIpc) is 2.84. The predicted octanol–water partition coefficient (Wildman–Crippen LogP) is 4.32. The summed E-state index contributed by atoms with van der Waals surface area (Å²) in [5.41, 5.74) is -0.682. The number of aliphatic carboxylic acids is 1. The van der Waals surface area contributed by atoms with E-state index in [1.165, 1.54) is 0 Å². The fraction of sp³-hybridized carbons (Fsp3) is 0.588. The van der Waals surface area contributed by atoms with E-state index in [0.29, 0.717) is 17.0 Å². The molecule has 1 heterocycles. The molecule has 1 saturated heterocycles. The Hall–Kier alpha value is -1.10. The summed E-state index contributed by atoms with van der Waals surface area (Å²) >= 11 is 6.29. The molecule has 5 heteroatoms. The second kappa shape index (κ2) is 5.84. The highest BCUT2D eigenvalue weighted by molar-refractivity contribution is 6.31. The van der Waals surface area contributed by atoms with Crippen molar-refractivity contribution in [1.29, 1.82) is 0 Å². The molecule has 0 amide bonds. The Morgan fingerprint density at radius 3 is 2.59 bits per heavy atom. The van der Waals surface area contributed by atoms with Gasteiger partial charge in [0.2, 0.25) is 0 Å². The summed E-state index contributed by atoms with van der Waals surface area (Å²) in [7, 11) is 0. The van der Waals surface area contributed by atoms with Gasteiger partial charge in [0.15, 0.2) is 11.4 Å². The third-order valence-electron chi connectivity index (χ3n) is 4.81. The molecule has 0 radical (unpaired) electrons. The van der Waals surface area contributed by atoms with E-state index < -0.39 is 23.5 Å². The molecule has 3 rings (SSSR count). The molecule has 0 aromatic heterocycles. The van der Waals surface area contributed by atoms with Crippen LogP contribution in [0.1, 0.15) is 57.1 Å². The maximum Gasteiger partial charge on any atom is 0.339 e. The molecule has 1 N–H and O–H groups in total. The van der Waals surface area contributed by atoms with Crippen molar-refractivity contribution >= 4 is 17.6 Å². The molecule has 1 aromatic carbocycles. The highest BCUT2D eigenvalue weighted by Gasteiger charge is 2.61. The van der Waals surface area contributed by atoms with Crippen LogP contribution < -0.4 is 0 Å². The first-order valence-corrected chi connectivity index (χ1v) is 8.27. The second-order valence-corrected chi connectivity index (χ2v) is 6.55. The van der Waals surface area contributed by atoms with Crippen molar-refractivity contribution < 1.29 is 19.4 Å². The lowest BCUT2D eigenvalue weighted by molar-refractivity contribution is -0.214. The van der Waals surface area contributed by atoms with E-state index in [2.05, 4.69) is 0 Å². The molecule has 4 nitrogen and oxygen atoms in total. The van der Waals surface area contributed by atoms with Crippen molar-refractivity contribution in [3.63, 3.8) is 0 Å². The number of rotatable bonds is 3. The lowest BCUT2D eigenvalue weighted by Crippen LogP contribution is -2.45. The molecular formula is C17H21ClO4. The minimum atomic E-state index is -1.37. The van der Waals surface area contributed by atoms with Gasteiger partial charge in [-0.05, 0) is 25.3 Å². The van der Waals surface area contributed by atoms with Gasteiger partial charge in [-0.3, -0.25) is 0 Å². The van der Waals surface area contributed by atoms with Gasteiger partial charge in [0.25, 0.3) is 0 Å². The van der Waals surface area contributed by atoms with Gasteiger partial charge >= 0.3 is 5.97 Å². The number of ether oxygens (including phenoxy) is 2. The largest absolute Gasteiger partial charge is 0.479 e. The molecule has 0 unspecified atom stereocenters. The number of halogens is 1. The maximum atomic E-state index is 12.0. The van der Waals surface area contributed by atoms with Gasteiger partial charge < -0.3 is 14.6 Å². The van der Waals surface area contributed by atoms with Crippen LogP contribution in [0.2, 0.25) is 5.02 Å². The standard InChI is InChI=1S/C17H21ClO4/c1-2-17(15(19)20)14(12-8-4-5-9-13(12)18)21-16(22-17)10-6-3-7-11-16/h4-5,8-9,14H,2-3,6-7,10-11H2,1H3,(H,19,20)/t14-,17+/m0/s1. The van der Waals surface area contributed by atoms with Gasteiger partial charge in [0, 0.05) is 23.4 Å². The fourth-order valence-electron chi connectivity index (χ4n) is 3.60. The Kier molecular flexibility index (Phi) is 4.19. The molecule has 1 aliphatic heterocycles. The molecule has 2 atom stereocenters. The third kappa shape index (κ3) is 2.43. The van der Waals surface area contributed by atoms with Crippen LogP contribution in [0.15, 0.2) is 24.3 Å². The first-order valence-electron chi connectivity index (χ1n) is 7.89. The first kappa shape index (κ1) is 15.8. The molecule has 2 fully saturated rings. The lowest BCUT2D eigenvalue weighted by atomic mass is 9.88. The van der Waals surface area contributed by atoms with E-state index in [1.54, 1.807) is 6.07 Å². The van der Waals surface area contributed by atoms with Crippen molar-refractivity contribution in [3.05, 3.63) is 34.9 Å². The molecule has 1 aliphatic carbocycles. The zero-order chi connectivity index (χ0) is 15.8. The fourth-order valence-corrected chi connectivity index (χ4v) is 3.83. The van der Waals surface area contributed by atoms with Crippen molar-refractivity contribution in [2.45, 2.75) is 62.9 Å². The average molecular weight is 325 g/mol. The summed E-state index contributed by atoms with van der Waals surface area (Å²) in [6.45, 7) is 1.82. The van der Waals surface area contributed by atoms with Crippen LogP contribution >= 0.6 is 11.6 Å². The predicted molar refractivity (Wildman–Crippen MR) is 82.8 cm³/mol. The minimum absolute atomic E-state index is 0.333. The SMILES string of the molecule is CC[C@@]1(C(=O)O)OC2(CCCCC2)O[C@H]1c1ccccc1Cl. The van der Waals surface area contributed by atoms with Crippen LogP contribution in [0.5, 0.6) is 0 Å². The van der Waals surface area contributed by atoms with Crippen LogP contribution in [0.25, 0.3) is 0 Å². The molecule has 0 bridgehead atoms. The van der Waals surface area contributed by atoms with E-state index in [-0.39, 0.29) is 0 Å². The Bertz CT molecular complexity index is 568. The summed E-state index contributed by atoms with van der Waals surface area (Å²) in [5.74, 6) is -1.77. The smallest absolute Gasteiger partial charge is 0.339 e. The first-order chi connectivity index (χ1) is 10.5. The molecule has 2 aliphatic rings. The van der Waals surface area contributed by atoms with Gasteiger partial charge in [0.05, 0.1) is 0 Å². The van der Waals surface area contributed by atoms with Crippen molar-refractivity contribution in [2.75, 3.05) is 0 Å². The van der Waals surface area contributed by atoms with E-state index >= 15 is 0 Å². The van der Waals surface area contributed by atoms with Crippen LogP contribution in [0, 0.1) is 0 Å². The zero-order valence-electron chi connectivity index (χ0n) is 12.7. The Balaban J connectivity index is 2.05. The summed E-state index contributed by atoms with van der Waals surface area (Å²) in [5, 5.41) is 10.4. The number of benzene rings is 1. The highest BCUT2D eigenvalue weighted by atomic mass is 35.5. The zero-order valence-corrected chi connectivity index (χ0v) is 13.4. The van der Waals surface area contributed by atoms with Gasteiger partial charge in [-0.25, -0.2) is 4.79 Å². The summed E-state index contributed by atoms with van der Waals surface area (Å²) < 4.78 is 12.4. The quantitative estimate of drug-likeness (QED) is 0.899. The van der Waals surface area contributed by atoms with Crippen LogP contribution in [0.3, 0.4) is 0 Å². The van der Waals surface area contributed by atoms with Crippen LogP contribution in [-0.4, -0.2) is 22.5 Å². The lowest BCUT2D eigenvalue weighted by Gasteiger charge is -2.33. The van der Waals surface area contributed by atoms with Crippen LogP contribution in [-0.2, 0) is 14.3 Å². The summed E-state index contributed by atoms with van der Waals surface area (Å²) in [6, 6.07) is 7.26. The highest BCUT2D eigenvalue weighted by Crippen LogP contribution is 2.53. The number of hydrogen-bond acceptors (Lipinski definition) is 3. The maximum absolute atomic E-state index is 12.0. The van der Waals surface area contributed by atoms with E-state index in [0.717, 1.165) is 32.1 Å². The molecule has 1 aromatic rings. The van der Waals surface area contributed by atoms with Gasteiger partial charge in [-0.2, -0.15) is 0 Å². The Morgan fingerprint density at radius 2 is 2.00 bits per heavy atom. The van der Waals surface area contributed by atoms with E-state index in [1.807, 2.05) is 25.1 Å². The van der Waals surface area contributed by atoms with Crippen LogP contribution in [0.4, 0.5) is 0 Å². The van der Waals surface area contributed by atoms with Gasteiger partial charge in [0.1, 0.15) is 6.10 Å². The van der Waals surface area contributed by atoms with E-state index in [9.17, 15) is 9.90 Å². The van der Waals surface area contributed by atoms with Gasteiger partial charge in [-0.15, -0.1) is 0 Å². The number of carboxylic acid groups (broad SMARTS) is 1. The molecule has 1 saturated carbocycles. The van der Waals surface area contributed by atoms with Crippen molar-refractivity contribution in [1.82, 2.24) is 0 Å². The summed E-state index contributed by atoms with van der Waals surface area (Å²) in [6.07, 6.45) is 4.26. The Labute approximate surface area is 135 Å². The number of carbonyl (C=O) groups is 1.